The molecule has 1 aliphatic carbocycles. The van der Waals surface area contributed by atoms with Gasteiger partial charge in [-0.3, -0.25) is 24.0 Å². The predicted octanol–water partition coefficient (Wildman–Crippen LogP) is 6.04. The quantitative estimate of drug-likeness (QED) is 0.159. The number of hydrogen-bond acceptors (Lipinski definition) is 13. The zero-order chi connectivity index (χ0) is 48.2. The average Bonchev–Trinajstić information content (AvgIpc) is 3.28. The monoisotopic (exact) mass is 914 g/mol. The lowest BCUT2D eigenvalue weighted by atomic mass is 9.78. The van der Waals surface area contributed by atoms with Gasteiger partial charge in [-0.15, -0.1) is 0 Å². The van der Waals surface area contributed by atoms with E-state index in [1.54, 1.807) is 41.1 Å². The van der Waals surface area contributed by atoms with Crippen molar-refractivity contribution in [3.8, 4) is 0 Å². The largest absolute Gasteiger partial charge is 0.461 e. The van der Waals surface area contributed by atoms with Crippen molar-refractivity contribution in [3.05, 3.63) is 47.6 Å². The highest BCUT2D eigenvalue weighted by Crippen LogP contribution is 2.37. The number of aliphatic hydroxyl groups is 3. The Morgan fingerprint density at radius 2 is 1.58 bits per heavy atom. The first kappa shape index (κ1) is 54.2. The van der Waals surface area contributed by atoms with E-state index in [0.29, 0.717) is 63.4 Å². The number of fused-ring (bicyclic) bond motifs is 4. The zero-order valence-corrected chi connectivity index (χ0v) is 40.6. The maximum Gasteiger partial charge on any atom is 0.311 e. The van der Waals surface area contributed by atoms with E-state index in [-0.39, 0.29) is 54.9 Å². The lowest BCUT2D eigenvalue weighted by Gasteiger charge is -2.42. The number of ketones is 3. The summed E-state index contributed by atoms with van der Waals surface area (Å²) in [4.78, 5) is 71.1. The summed E-state index contributed by atoms with van der Waals surface area (Å²) in [5.41, 5.74) is 1.29. The number of Topliss-reactive ketones (excluding diaryl/α,β-unsaturated/α-hetero) is 3. The molecule has 4 aliphatic rings. The van der Waals surface area contributed by atoms with Gasteiger partial charge < -0.3 is 43.9 Å². The van der Waals surface area contributed by atoms with Crippen LogP contribution in [0.2, 0.25) is 0 Å². The number of methoxy groups -OCH3 is 3. The molecule has 15 atom stereocenters. The van der Waals surface area contributed by atoms with Crippen LogP contribution in [0.3, 0.4) is 0 Å². The number of carbonyl (C=O) groups is 5. The number of amides is 1. The summed E-state index contributed by atoms with van der Waals surface area (Å²) in [6, 6.07) is 0. The van der Waals surface area contributed by atoms with Crippen molar-refractivity contribution in [3.63, 3.8) is 0 Å². The second-order valence-corrected chi connectivity index (χ2v) is 19.7. The van der Waals surface area contributed by atoms with Crippen molar-refractivity contribution in [2.45, 2.75) is 168 Å². The van der Waals surface area contributed by atoms with Gasteiger partial charge in [0.25, 0.3) is 11.7 Å². The van der Waals surface area contributed by atoms with Gasteiger partial charge in [0.15, 0.2) is 5.78 Å². The summed E-state index contributed by atoms with van der Waals surface area (Å²) in [6.45, 7) is 12.8. The van der Waals surface area contributed by atoms with Crippen molar-refractivity contribution in [2.24, 2.45) is 41.4 Å². The number of nitrogens with zero attached hydrogens (tertiary/aromatic N) is 1. The molecule has 366 valence electrons. The minimum Gasteiger partial charge on any atom is -0.461 e. The average molecular weight is 914 g/mol. The molecule has 3 N–H and O–H groups in total. The summed E-state index contributed by atoms with van der Waals surface area (Å²) in [5, 5.41) is 33.7. The molecule has 0 aromatic rings. The number of esters is 1. The Balaban J connectivity index is 1.66. The highest BCUT2D eigenvalue weighted by atomic mass is 16.6. The highest BCUT2D eigenvalue weighted by Gasteiger charge is 2.52. The van der Waals surface area contributed by atoms with Gasteiger partial charge in [0.2, 0.25) is 5.79 Å². The summed E-state index contributed by atoms with van der Waals surface area (Å²) in [6.07, 6.45) is 11.1. The first-order valence-electron chi connectivity index (χ1n) is 23.9. The Labute approximate surface area is 387 Å². The van der Waals surface area contributed by atoms with Gasteiger partial charge in [-0.05, 0) is 101 Å². The van der Waals surface area contributed by atoms with Crippen LogP contribution in [0.15, 0.2) is 47.6 Å². The van der Waals surface area contributed by atoms with Crippen LogP contribution in [0, 0.1) is 41.4 Å². The zero-order valence-electron chi connectivity index (χ0n) is 40.6. The van der Waals surface area contributed by atoms with E-state index in [0.717, 1.165) is 12.0 Å². The van der Waals surface area contributed by atoms with Crippen molar-refractivity contribution >= 4 is 29.2 Å². The Kier molecular flexibility index (Phi) is 21.0. The number of piperidine rings is 1. The predicted molar refractivity (Wildman–Crippen MR) is 245 cm³/mol. The number of allylic oxidation sites excluding steroid dienone is 6. The minimum atomic E-state index is -2.37. The van der Waals surface area contributed by atoms with Crippen LogP contribution in [-0.4, -0.2) is 132 Å². The molecule has 3 heterocycles. The van der Waals surface area contributed by atoms with E-state index in [4.69, 9.17) is 23.7 Å². The number of carbonyl (C=O) groups excluding carboxylic acids is 5. The molecule has 0 spiro atoms. The third-order valence-electron chi connectivity index (χ3n) is 14.5. The number of cyclic esters (lactones) is 1. The van der Waals surface area contributed by atoms with Crippen LogP contribution < -0.4 is 0 Å². The van der Waals surface area contributed by atoms with Crippen LogP contribution in [0.1, 0.15) is 119 Å². The fraction of sp³-hybridized carbons (Fsp3) is 0.745. The van der Waals surface area contributed by atoms with Crippen LogP contribution in [-0.2, 0) is 47.7 Å². The fourth-order valence-corrected chi connectivity index (χ4v) is 10.1. The molecule has 1 saturated carbocycles. The summed E-state index contributed by atoms with van der Waals surface area (Å²) < 4.78 is 29.3. The number of aliphatic hydroxyl groups excluding tert-OH is 2. The molecule has 0 aromatic heterocycles. The van der Waals surface area contributed by atoms with Crippen LogP contribution in [0.25, 0.3) is 0 Å². The number of ether oxygens (including phenoxy) is 5. The van der Waals surface area contributed by atoms with E-state index < -0.39 is 83.7 Å². The maximum absolute atomic E-state index is 14.1. The van der Waals surface area contributed by atoms with Gasteiger partial charge in [0, 0.05) is 65.0 Å². The van der Waals surface area contributed by atoms with Crippen LogP contribution >= 0.6 is 0 Å². The maximum atomic E-state index is 14.1. The lowest BCUT2D eigenvalue weighted by molar-refractivity contribution is -0.265. The van der Waals surface area contributed by atoms with E-state index in [1.807, 2.05) is 58.1 Å². The van der Waals surface area contributed by atoms with Gasteiger partial charge in [0.05, 0.1) is 30.3 Å². The summed E-state index contributed by atoms with van der Waals surface area (Å²) in [5.74, 6) is -8.17. The molecule has 3 fully saturated rings. The second-order valence-electron chi connectivity index (χ2n) is 19.7. The minimum absolute atomic E-state index is 0.0192. The van der Waals surface area contributed by atoms with Crippen LogP contribution in [0.5, 0.6) is 0 Å². The summed E-state index contributed by atoms with van der Waals surface area (Å²) >= 11 is 0. The third kappa shape index (κ3) is 14.6. The molecular formula is C51H79NO13. The third-order valence-corrected chi connectivity index (χ3v) is 14.5. The molecule has 1 amide bonds. The molecule has 3 aliphatic heterocycles. The van der Waals surface area contributed by atoms with Crippen molar-refractivity contribution in [1.29, 1.82) is 0 Å². The molecular weight excluding hydrogens is 835 g/mol. The van der Waals surface area contributed by atoms with Crippen molar-refractivity contribution in [1.82, 2.24) is 4.90 Å². The molecule has 4 bridgehead atoms. The van der Waals surface area contributed by atoms with Crippen LogP contribution in [0.4, 0.5) is 0 Å². The first-order valence-corrected chi connectivity index (χ1v) is 23.9. The fourth-order valence-electron chi connectivity index (χ4n) is 10.1. The Morgan fingerprint density at radius 1 is 0.862 bits per heavy atom. The molecule has 14 nitrogen and oxygen atoms in total. The van der Waals surface area contributed by atoms with Gasteiger partial charge >= 0.3 is 5.97 Å². The molecule has 0 unspecified atom stereocenters. The van der Waals surface area contributed by atoms with Crippen molar-refractivity contribution in [2.75, 3.05) is 34.4 Å². The van der Waals surface area contributed by atoms with Crippen molar-refractivity contribution < 1.29 is 63.0 Å². The van der Waals surface area contributed by atoms with E-state index in [9.17, 15) is 39.3 Å². The Hall–Kier alpha value is -3.37. The van der Waals surface area contributed by atoms with E-state index >= 15 is 0 Å². The Bertz CT molecular complexity index is 1760. The number of hydrogen-bond donors (Lipinski definition) is 3. The lowest BCUT2D eigenvalue weighted by Crippen LogP contribution is -2.59. The number of rotatable bonds is 6. The van der Waals surface area contributed by atoms with Gasteiger partial charge in [-0.2, -0.15) is 0 Å². The first-order chi connectivity index (χ1) is 30.7. The SMILES string of the molecule is CO[C@H]1C[C@@H]2CC[C@@H](C)[C@@](O)(O2)C(=O)C(=O)N2CCC[C@H](C2)C(=O)O[C@H]([C@H](C)C[C@@H]2CC[C@@H](O)[C@H](OC)C2)CC(=O)[C@H](C)/C=C(\C)[C@@H](O)[C@@H](OC)C(=O)[C@H](C)C[C@H](C)/C=C/C=C/C=C/1C. The van der Waals surface area contributed by atoms with E-state index in [2.05, 4.69) is 0 Å². The van der Waals surface area contributed by atoms with E-state index in [1.165, 1.54) is 12.0 Å². The smallest absolute Gasteiger partial charge is 0.311 e. The second kappa shape index (κ2) is 25.1. The Morgan fingerprint density at radius 3 is 2.26 bits per heavy atom. The van der Waals surface area contributed by atoms with Gasteiger partial charge in [-0.25, -0.2) is 0 Å². The topological polar surface area (TPSA) is 195 Å². The molecule has 0 aromatic carbocycles. The van der Waals surface area contributed by atoms with Gasteiger partial charge in [0.1, 0.15) is 24.1 Å². The molecule has 0 radical (unpaired) electrons. The molecule has 2 saturated heterocycles. The summed E-state index contributed by atoms with van der Waals surface area (Å²) in [7, 11) is 4.54. The molecule has 4 rings (SSSR count). The normalized spacial score (nSPS) is 40.4. The standard InChI is InChI=1S/C51H79NO13/c1-30-15-12-11-13-16-31(2)42(61-8)27-39-20-18-36(7)51(60,65-39)48(57)49(58)52-22-14-17-38(29-52)50(59)64-43(33(4)25-37-19-21-40(53)44(26-37)62-9)28-41(54)32(3)24-35(6)46(56)47(63-10)45(55)34(5)23-30/h11-13,15-16,24,30,32-34,36-40,42-44,46-47,53,56,60H,14,17-23,25-29H2,1-10H3/b13-11+,15-12+,31-16+,35-24+/t30-,32-,33-,34-,36-,37+,38-,39+,40-,42+,43+,44-,46-,47+,51-/m1/s1. The molecule has 65 heavy (non-hydrogen) atoms. The molecule has 14 heteroatoms. The van der Waals surface area contributed by atoms with Gasteiger partial charge in [-0.1, -0.05) is 71.1 Å². The highest BCUT2D eigenvalue weighted by molar-refractivity contribution is 6.38.